The minimum absolute atomic E-state index is 0.0635. The van der Waals surface area contributed by atoms with E-state index in [-0.39, 0.29) is 29.5 Å². The van der Waals surface area contributed by atoms with E-state index in [9.17, 15) is 14.4 Å². The van der Waals surface area contributed by atoms with E-state index in [1.54, 1.807) is 36.4 Å². The van der Waals surface area contributed by atoms with E-state index < -0.39 is 11.9 Å². The number of ether oxygens (including phenoxy) is 3. The Bertz CT molecular complexity index is 1250. The van der Waals surface area contributed by atoms with Crippen molar-refractivity contribution in [2.75, 3.05) is 0 Å². The molecule has 0 bridgehead atoms. The molecule has 6 heteroatoms. The van der Waals surface area contributed by atoms with E-state index in [4.69, 9.17) is 14.2 Å². The van der Waals surface area contributed by atoms with E-state index in [1.807, 2.05) is 31.2 Å². The van der Waals surface area contributed by atoms with E-state index >= 15 is 0 Å². The number of aryl methyl sites for hydroxylation is 2. The molecule has 3 aromatic rings. The molecule has 0 aromatic heterocycles. The molecule has 3 aromatic carbocycles. The van der Waals surface area contributed by atoms with Crippen molar-refractivity contribution in [1.29, 1.82) is 0 Å². The molecule has 0 unspecified atom stereocenters. The maximum absolute atomic E-state index is 12.2. The largest absolute Gasteiger partial charge is 0.427 e. The van der Waals surface area contributed by atoms with E-state index in [2.05, 4.69) is 13.2 Å². The SMILES string of the molecule is C=CC(=O)Oc1cc(-c2ccc(OC(=O)CCc3ccc(C)cc3)cc2)ccc1OC(=O)C(=C)C. The molecule has 0 fully saturated rings. The summed E-state index contributed by atoms with van der Waals surface area (Å²) in [5.41, 5.74) is 3.93. The maximum Gasteiger partial charge on any atom is 0.338 e. The molecule has 3 rings (SSSR count). The van der Waals surface area contributed by atoms with Gasteiger partial charge >= 0.3 is 17.9 Å². The predicted molar refractivity (Wildman–Crippen MR) is 133 cm³/mol. The van der Waals surface area contributed by atoms with Crippen LogP contribution in [-0.2, 0) is 20.8 Å². The number of benzene rings is 3. The molecule has 178 valence electrons. The Kier molecular flexibility index (Phi) is 8.35. The highest BCUT2D eigenvalue weighted by molar-refractivity contribution is 5.90. The predicted octanol–water partition coefficient (Wildman–Crippen LogP) is 5.77. The van der Waals surface area contributed by atoms with Gasteiger partial charge in [0, 0.05) is 18.1 Å². The summed E-state index contributed by atoms with van der Waals surface area (Å²) in [6, 6.07) is 19.8. The van der Waals surface area contributed by atoms with Crippen LogP contribution in [0.3, 0.4) is 0 Å². The summed E-state index contributed by atoms with van der Waals surface area (Å²) >= 11 is 0. The second-order valence-electron chi connectivity index (χ2n) is 7.94. The van der Waals surface area contributed by atoms with E-state index in [0.717, 1.165) is 17.2 Å². The van der Waals surface area contributed by atoms with Gasteiger partial charge in [0.05, 0.1) is 0 Å². The van der Waals surface area contributed by atoms with Crippen molar-refractivity contribution in [3.8, 4) is 28.4 Å². The highest BCUT2D eigenvalue weighted by Crippen LogP contribution is 2.34. The van der Waals surface area contributed by atoms with Crippen LogP contribution in [0, 0.1) is 6.92 Å². The van der Waals surface area contributed by atoms with Gasteiger partial charge in [-0.1, -0.05) is 61.2 Å². The van der Waals surface area contributed by atoms with Crippen molar-refractivity contribution in [2.45, 2.75) is 26.7 Å². The van der Waals surface area contributed by atoms with Crippen LogP contribution in [0.25, 0.3) is 11.1 Å². The first-order chi connectivity index (χ1) is 16.7. The van der Waals surface area contributed by atoms with Gasteiger partial charge in [-0.15, -0.1) is 0 Å². The van der Waals surface area contributed by atoms with Crippen molar-refractivity contribution < 1.29 is 28.6 Å². The fourth-order valence-electron chi connectivity index (χ4n) is 3.09. The Morgan fingerprint density at radius 1 is 0.829 bits per heavy atom. The van der Waals surface area contributed by atoms with Crippen LogP contribution < -0.4 is 14.2 Å². The Morgan fingerprint density at radius 3 is 2.11 bits per heavy atom. The van der Waals surface area contributed by atoms with Gasteiger partial charge < -0.3 is 14.2 Å². The zero-order valence-electron chi connectivity index (χ0n) is 19.7. The first-order valence-corrected chi connectivity index (χ1v) is 11.0. The standard InChI is InChI=1S/C29H26O6/c1-5-27(30)34-26-18-23(13-16-25(26)35-29(32)19(2)3)22-11-14-24(15-12-22)33-28(31)17-10-21-8-6-20(4)7-9-21/h5-9,11-16,18H,1-2,10,17H2,3-4H3. The van der Waals surface area contributed by atoms with Gasteiger partial charge in [0.2, 0.25) is 0 Å². The Labute approximate surface area is 204 Å². The normalized spacial score (nSPS) is 10.2. The molecule has 0 aliphatic heterocycles. The van der Waals surface area contributed by atoms with Gasteiger partial charge in [-0.2, -0.15) is 0 Å². The fourth-order valence-corrected chi connectivity index (χ4v) is 3.09. The molecule has 0 heterocycles. The third-order valence-electron chi connectivity index (χ3n) is 5.03. The monoisotopic (exact) mass is 470 g/mol. The Hall–Kier alpha value is -4.45. The molecule has 0 spiro atoms. The second-order valence-corrected chi connectivity index (χ2v) is 7.94. The lowest BCUT2D eigenvalue weighted by Crippen LogP contribution is -2.11. The minimum atomic E-state index is -0.692. The highest BCUT2D eigenvalue weighted by Gasteiger charge is 2.15. The van der Waals surface area contributed by atoms with Gasteiger partial charge in [-0.25, -0.2) is 9.59 Å². The molecule has 0 aliphatic rings. The lowest BCUT2D eigenvalue weighted by atomic mass is 10.0. The molecule has 0 radical (unpaired) electrons. The molecular weight excluding hydrogens is 444 g/mol. The topological polar surface area (TPSA) is 78.9 Å². The summed E-state index contributed by atoms with van der Waals surface area (Å²) in [7, 11) is 0. The molecular formula is C29H26O6. The summed E-state index contributed by atoms with van der Waals surface area (Å²) in [5.74, 6) is -1.08. The van der Waals surface area contributed by atoms with E-state index in [0.29, 0.717) is 17.7 Å². The van der Waals surface area contributed by atoms with Gasteiger partial charge in [-0.3, -0.25) is 4.79 Å². The first-order valence-electron chi connectivity index (χ1n) is 11.0. The van der Waals surface area contributed by atoms with Crippen molar-refractivity contribution in [2.24, 2.45) is 0 Å². The molecule has 0 saturated heterocycles. The summed E-state index contributed by atoms with van der Waals surface area (Å²) < 4.78 is 16.0. The smallest absolute Gasteiger partial charge is 0.338 e. The lowest BCUT2D eigenvalue weighted by molar-refractivity contribution is -0.134. The molecule has 0 amide bonds. The Balaban J connectivity index is 1.70. The van der Waals surface area contributed by atoms with Crippen LogP contribution in [0.15, 0.2) is 91.5 Å². The molecule has 35 heavy (non-hydrogen) atoms. The summed E-state index contributed by atoms with van der Waals surface area (Å²) in [4.78, 5) is 35.9. The zero-order valence-corrected chi connectivity index (χ0v) is 19.7. The fraction of sp³-hybridized carbons (Fsp3) is 0.138. The van der Waals surface area contributed by atoms with E-state index in [1.165, 1.54) is 18.6 Å². The van der Waals surface area contributed by atoms with Crippen LogP contribution in [0.1, 0.15) is 24.5 Å². The molecule has 6 nitrogen and oxygen atoms in total. The van der Waals surface area contributed by atoms with Crippen molar-refractivity contribution in [3.63, 3.8) is 0 Å². The lowest BCUT2D eigenvalue weighted by Gasteiger charge is -2.12. The van der Waals surface area contributed by atoms with Crippen LogP contribution in [0.5, 0.6) is 17.2 Å². The number of carbonyl (C=O) groups is 3. The summed E-state index contributed by atoms with van der Waals surface area (Å²) in [5, 5.41) is 0. The Morgan fingerprint density at radius 2 is 1.49 bits per heavy atom. The van der Waals surface area contributed by atoms with Crippen molar-refractivity contribution in [3.05, 3.63) is 103 Å². The third-order valence-corrected chi connectivity index (χ3v) is 5.03. The number of hydrogen-bond donors (Lipinski definition) is 0. The van der Waals surface area contributed by atoms with Crippen molar-refractivity contribution >= 4 is 17.9 Å². The number of rotatable bonds is 9. The molecule has 0 atom stereocenters. The van der Waals surface area contributed by atoms with Gasteiger partial charge in [0.25, 0.3) is 0 Å². The summed E-state index contributed by atoms with van der Waals surface area (Å²) in [6.07, 6.45) is 1.89. The van der Waals surface area contributed by atoms with Crippen LogP contribution in [0.2, 0.25) is 0 Å². The summed E-state index contributed by atoms with van der Waals surface area (Å²) in [6.45, 7) is 10.5. The van der Waals surface area contributed by atoms with Gasteiger partial charge in [0.15, 0.2) is 11.5 Å². The quantitative estimate of drug-likeness (QED) is 0.224. The average molecular weight is 471 g/mol. The maximum atomic E-state index is 12.2. The van der Waals surface area contributed by atoms with Crippen LogP contribution >= 0.6 is 0 Å². The number of carbonyl (C=O) groups excluding carboxylic acids is 3. The first kappa shape index (κ1) is 25.2. The molecule has 0 N–H and O–H groups in total. The van der Waals surface area contributed by atoms with Crippen LogP contribution in [0.4, 0.5) is 0 Å². The van der Waals surface area contributed by atoms with Gasteiger partial charge in [-0.05, 0) is 61.2 Å². The molecule has 0 saturated carbocycles. The minimum Gasteiger partial charge on any atom is -0.427 e. The van der Waals surface area contributed by atoms with Gasteiger partial charge in [0.1, 0.15) is 5.75 Å². The zero-order chi connectivity index (χ0) is 25.4. The second kappa shape index (κ2) is 11.6. The molecule has 0 aliphatic carbocycles. The number of hydrogen-bond acceptors (Lipinski definition) is 6. The highest BCUT2D eigenvalue weighted by atomic mass is 16.6. The number of esters is 3. The van der Waals surface area contributed by atoms with Crippen molar-refractivity contribution in [1.82, 2.24) is 0 Å². The average Bonchev–Trinajstić information content (AvgIpc) is 2.85. The third kappa shape index (κ3) is 7.27. The van der Waals surface area contributed by atoms with Crippen LogP contribution in [-0.4, -0.2) is 17.9 Å².